The van der Waals surface area contributed by atoms with E-state index in [2.05, 4.69) is 4.98 Å². The van der Waals surface area contributed by atoms with Gasteiger partial charge in [-0.1, -0.05) is 34.8 Å². The molecule has 1 aromatic heterocycles. The van der Waals surface area contributed by atoms with Crippen molar-refractivity contribution in [2.24, 2.45) is 5.73 Å². The predicted octanol–water partition coefficient (Wildman–Crippen LogP) is 4.64. The highest BCUT2D eigenvalue weighted by Crippen LogP contribution is 2.39. The SMILES string of the molecule is NC(=O)c1ccc(Cl)c2nc3n(c12)CCCN3c1ccc(Cl)cc1Cl. The smallest absolute Gasteiger partial charge is 0.250 e. The maximum Gasteiger partial charge on any atom is 0.250 e. The Balaban J connectivity index is 1.97. The second-order valence-corrected chi connectivity index (χ2v) is 7.07. The second-order valence-electron chi connectivity index (χ2n) is 5.82. The molecule has 3 aromatic rings. The Morgan fingerprint density at radius 1 is 1.08 bits per heavy atom. The number of aryl methyl sites for hydroxylation is 1. The molecule has 0 spiro atoms. The highest BCUT2D eigenvalue weighted by atomic mass is 35.5. The van der Waals surface area contributed by atoms with E-state index in [1.807, 2.05) is 15.5 Å². The van der Waals surface area contributed by atoms with Gasteiger partial charge in [0.25, 0.3) is 5.91 Å². The van der Waals surface area contributed by atoms with Crippen LogP contribution in [0.2, 0.25) is 15.1 Å². The van der Waals surface area contributed by atoms with Crippen molar-refractivity contribution in [1.29, 1.82) is 0 Å². The van der Waals surface area contributed by atoms with Gasteiger partial charge >= 0.3 is 0 Å². The fraction of sp³-hybridized carbons (Fsp3) is 0.176. The van der Waals surface area contributed by atoms with E-state index in [1.54, 1.807) is 24.3 Å². The zero-order valence-electron chi connectivity index (χ0n) is 13.0. The van der Waals surface area contributed by atoms with Gasteiger partial charge in [0, 0.05) is 18.1 Å². The number of imidazole rings is 1. The molecule has 0 saturated carbocycles. The summed E-state index contributed by atoms with van der Waals surface area (Å²) in [6.07, 6.45) is 0.863. The monoisotopic (exact) mass is 394 g/mol. The maximum atomic E-state index is 11.8. The number of benzene rings is 2. The summed E-state index contributed by atoms with van der Waals surface area (Å²) in [7, 11) is 0. The Hall–Kier alpha value is -1.95. The molecule has 0 fully saturated rings. The molecule has 0 radical (unpaired) electrons. The van der Waals surface area contributed by atoms with Crippen LogP contribution >= 0.6 is 34.8 Å². The minimum Gasteiger partial charge on any atom is -0.366 e. The van der Waals surface area contributed by atoms with Crippen molar-refractivity contribution in [3.05, 3.63) is 51.0 Å². The highest BCUT2D eigenvalue weighted by molar-refractivity contribution is 6.37. The maximum absolute atomic E-state index is 11.8. The number of hydrogen-bond acceptors (Lipinski definition) is 3. The Morgan fingerprint density at radius 3 is 2.60 bits per heavy atom. The Labute approximate surface area is 158 Å². The molecule has 0 bridgehead atoms. The molecule has 0 aliphatic carbocycles. The first-order valence-electron chi connectivity index (χ1n) is 7.68. The number of amides is 1. The standard InChI is InChI=1S/C17H13Cl3N4O/c18-9-2-5-13(12(20)8-9)23-6-1-7-24-15-10(16(21)25)3-4-11(19)14(15)22-17(23)24/h2-5,8H,1,6-7H2,(H2,21,25). The van der Waals surface area contributed by atoms with Crippen LogP contribution in [-0.2, 0) is 6.54 Å². The zero-order chi connectivity index (χ0) is 17.7. The van der Waals surface area contributed by atoms with E-state index in [4.69, 9.17) is 40.5 Å². The number of anilines is 2. The molecule has 1 amide bonds. The highest BCUT2D eigenvalue weighted by Gasteiger charge is 2.27. The number of aromatic nitrogens is 2. The molecule has 2 heterocycles. The molecule has 128 valence electrons. The number of rotatable bonds is 2. The lowest BCUT2D eigenvalue weighted by Crippen LogP contribution is -2.28. The van der Waals surface area contributed by atoms with Crippen LogP contribution in [0.25, 0.3) is 11.0 Å². The molecule has 1 aliphatic heterocycles. The third-order valence-electron chi connectivity index (χ3n) is 4.30. The van der Waals surface area contributed by atoms with Gasteiger partial charge in [0.2, 0.25) is 5.95 Å². The van der Waals surface area contributed by atoms with Gasteiger partial charge in [-0.05, 0) is 36.8 Å². The Morgan fingerprint density at radius 2 is 1.88 bits per heavy atom. The lowest BCUT2D eigenvalue weighted by atomic mass is 10.1. The van der Waals surface area contributed by atoms with Crippen LogP contribution in [0.3, 0.4) is 0 Å². The van der Waals surface area contributed by atoms with Crippen LogP contribution in [-0.4, -0.2) is 22.0 Å². The molecule has 0 atom stereocenters. The Bertz CT molecular complexity index is 1010. The first-order chi connectivity index (χ1) is 12.0. The molecule has 0 saturated heterocycles. The van der Waals surface area contributed by atoms with Crippen LogP contribution in [0.1, 0.15) is 16.8 Å². The van der Waals surface area contributed by atoms with Crippen LogP contribution in [0.5, 0.6) is 0 Å². The van der Waals surface area contributed by atoms with E-state index in [9.17, 15) is 4.79 Å². The van der Waals surface area contributed by atoms with Gasteiger partial charge in [-0.2, -0.15) is 0 Å². The summed E-state index contributed by atoms with van der Waals surface area (Å²) in [6, 6.07) is 8.61. The van der Waals surface area contributed by atoms with Gasteiger partial charge in [-0.25, -0.2) is 4.98 Å². The summed E-state index contributed by atoms with van der Waals surface area (Å²) in [4.78, 5) is 18.5. The van der Waals surface area contributed by atoms with Crippen LogP contribution in [0.4, 0.5) is 11.6 Å². The molecule has 1 aliphatic rings. The third-order valence-corrected chi connectivity index (χ3v) is 5.14. The van der Waals surface area contributed by atoms with Crippen molar-refractivity contribution < 1.29 is 4.79 Å². The predicted molar refractivity (Wildman–Crippen MR) is 101 cm³/mol. The van der Waals surface area contributed by atoms with Crippen molar-refractivity contribution in [2.45, 2.75) is 13.0 Å². The summed E-state index contributed by atoms with van der Waals surface area (Å²) in [5, 5.41) is 1.58. The summed E-state index contributed by atoms with van der Waals surface area (Å²) in [5.74, 6) is 0.173. The minimum absolute atomic E-state index is 0.405. The second kappa shape index (κ2) is 6.09. The van der Waals surface area contributed by atoms with Gasteiger partial charge in [-0.3, -0.25) is 4.79 Å². The third kappa shape index (κ3) is 2.63. The van der Waals surface area contributed by atoms with Crippen LogP contribution < -0.4 is 10.6 Å². The Kier molecular flexibility index (Phi) is 4.02. The molecule has 2 N–H and O–H groups in total. The topological polar surface area (TPSA) is 64.2 Å². The van der Waals surface area contributed by atoms with E-state index < -0.39 is 5.91 Å². The number of primary amides is 1. The van der Waals surface area contributed by atoms with Crippen LogP contribution in [0, 0.1) is 0 Å². The molecule has 0 unspecified atom stereocenters. The molecule has 5 nitrogen and oxygen atoms in total. The summed E-state index contributed by atoms with van der Waals surface area (Å²) in [6.45, 7) is 1.46. The van der Waals surface area contributed by atoms with Crippen molar-refractivity contribution in [3.8, 4) is 0 Å². The van der Waals surface area contributed by atoms with E-state index in [0.29, 0.717) is 44.2 Å². The average Bonchev–Trinajstić information content (AvgIpc) is 2.96. The van der Waals surface area contributed by atoms with Gasteiger partial charge in [0.1, 0.15) is 5.52 Å². The van der Waals surface area contributed by atoms with Gasteiger partial charge < -0.3 is 15.2 Å². The molecule has 25 heavy (non-hydrogen) atoms. The summed E-state index contributed by atoms with van der Waals surface area (Å²) < 4.78 is 1.97. The fourth-order valence-electron chi connectivity index (χ4n) is 3.23. The van der Waals surface area contributed by atoms with Crippen molar-refractivity contribution in [3.63, 3.8) is 0 Å². The van der Waals surface area contributed by atoms with Crippen molar-refractivity contribution in [1.82, 2.24) is 9.55 Å². The van der Waals surface area contributed by atoms with E-state index in [1.165, 1.54) is 0 Å². The number of nitrogens with zero attached hydrogens (tertiary/aromatic N) is 3. The van der Waals surface area contributed by atoms with Gasteiger partial charge in [0.15, 0.2) is 0 Å². The van der Waals surface area contributed by atoms with Crippen molar-refractivity contribution in [2.75, 3.05) is 11.4 Å². The molecule has 8 heteroatoms. The average molecular weight is 396 g/mol. The number of fused-ring (bicyclic) bond motifs is 3. The number of halogens is 3. The summed E-state index contributed by atoms with van der Waals surface area (Å²) >= 11 is 18.7. The van der Waals surface area contributed by atoms with E-state index in [0.717, 1.165) is 18.7 Å². The molecular weight excluding hydrogens is 383 g/mol. The van der Waals surface area contributed by atoms with E-state index >= 15 is 0 Å². The molecule has 2 aromatic carbocycles. The minimum atomic E-state index is -0.508. The quantitative estimate of drug-likeness (QED) is 0.687. The molecular formula is C17H13Cl3N4O. The number of carbonyl (C=O) groups is 1. The summed E-state index contributed by atoms with van der Waals surface area (Å²) in [5.41, 5.74) is 7.96. The number of carbonyl (C=O) groups excluding carboxylic acids is 1. The van der Waals surface area contributed by atoms with Crippen molar-refractivity contribution >= 4 is 63.4 Å². The lowest BCUT2D eigenvalue weighted by Gasteiger charge is -2.30. The first kappa shape index (κ1) is 16.5. The van der Waals surface area contributed by atoms with Gasteiger partial charge in [-0.15, -0.1) is 0 Å². The fourth-order valence-corrected chi connectivity index (χ4v) is 3.93. The number of hydrogen-bond donors (Lipinski definition) is 1. The zero-order valence-corrected chi connectivity index (χ0v) is 15.2. The van der Waals surface area contributed by atoms with Gasteiger partial charge in [0.05, 0.1) is 26.8 Å². The largest absolute Gasteiger partial charge is 0.366 e. The lowest BCUT2D eigenvalue weighted by molar-refractivity contribution is 0.100. The molecule has 4 rings (SSSR count). The normalized spacial score (nSPS) is 14.0. The number of nitrogens with two attached hydrogens (primary N) is 1. The first-order valence-corrected chi connectivity index (χ1v) is 8.82. The van der Waals surface area contributed by atoms with Crippen LogP contribution in [0.15, 0.2) is 30.3 Å². The van der Waals surface area contributed by atoms with E-state index in [-0.39, 0.29) is 0 Å².